The first-order chi connectivity index (χ1) is 55.4. The number of aliphatic imine (C=N–C) groups is 2. The van der Waals surface area contributed by atoms with E-state index < -0.39 is 49.5 Å². The third kappa shape index (κ3) is 27.4. The number of methoxy groups -OCH3 is 3. The summed E-state index contributed by atoms with van der Waals surface area (Å²) in [5.74, 6) is 1.11. The number of aromatic nitrogens is 8. The first-order valence-electron chi connectivity index (χ1n) is 41.1. The quantitative estimate of drug-likeness (QED) is 0.0160. The number of carbonyl (C=O) groups excluding carboxylic acids is 1. The Morgan fingerprint density at radius 1 is 0.517 bits per heavy atom. The zero-order chi connectivity index (χ0) is 83.9. The molecule has 0 unspecified atom stereocenters. The molecule has 0 atom stereocenters. The predicted molar refractivity (Wildman–Crippen MR) is 471 cm³/mol. The SMILES string of the molecule is C=C(OCC)c1c(C2CCC(OCCOC)(C(=O)COCOC)CC2)nc2c(-c3ccc(C4=NC=CC4)nc3)cnn2c1N(COCC[Si](C)(C)C)COCC[Si](C)(C)C.C=C(OCC)c1c(C2CCC(OCCOC)(C(=O)O)CC2)nc2c(-c3ccc(C4=NC=CC4)nc3)cnn2c1N(COCC[Si](C)(C)C)COCC[Si](C)(C)C.[Li+].[OH-]. The van der Waals surface area contributed by atoms with Crippen LogP contribution in [0.5, 0.6) is 0 Å². The van der Waals surface area contributed by atoms with E-state index in [-0.39, 0.29) is 95.5 Å². The van der Waals surface area contributed by atoms with Gasteiger partial charge < -0.3 is 77.2 Å². The zero-order valence-corrected chi connectivity index (χ0v) is 77.7. The van der Waals surface area contributed by atoms with Gasteiger partial charge in [0.1, 0.15) is 69.1 Å². The van der Waals surface area contributed by atoms with Gasteiger partial charge in [-0.15, -0.1) is 0 Å². The Hall–Kier alpha value is -6.80. The van der Waals surface area contributed by atoms with E-state index in [0.717, 1.165) is 105 Å². The molecule has 2 aliphatic carbocycles. The molecule has 0 amide bonds. The molecule has 4 aliphatic rings. The maximum absolute atomic E-state index is 13.8. The van der Waals surface area contributed by atoms with Crippen molar-refractivity contribution in [2.45, 2.75) is 204 Å². The fraction of sp³-hybridized carbons (Fsp3) is 0.600. The second-order valence-corrected chi connectivity index (χ2v) is 57.5. The minimum Gasteiger partial charge on any atom is -0.870 e. The van der Waals surface area contributed by atoms with Crippen molar-refractivity contribution in [3.63, 3.8) is 0 Å². The molecule has 2 saturated carbocycles. The van der Waals surface area contributed by atoms with Crippen molar-refractivity contribution in [3.8, 4) is 22.3 Å². The van der Waals surface area contributed by atoms with Crippen molar-refractivity contribution < 1.29 is 95.9 Å². The topological polar surface area (TPSA) is 312 Å². The van der Waals surface area contributed by atoms with Crippen LogP contribution in [0.1, 0.15) is 124 Å². The molecular formula is C85H131LiN12O16Si4. The number of aliphatic carboxylic acids is 1. The summed E-state index contributed by atoms with van der Waals surface area (Å²) >= 11 is 0. The van der Waals surface area contributed by atoms with Gasteiger partial charge in [-0.3, -0.25) is 24.7 Å². The molecule has 8 heterocycles. The molecule has 6 aromatic heterocycles. The van der Waals surface area contributed by atoms with Gasteiger partial charge in [-0.05, 0) is 102 Å². The number of pyridine rings is 2. The van der Waals surface area contributed by atoms with Gasteiger partial charge in [0.25, 0.3) is 0 Å². The van der Waals surface area contributed by atoms with E-state index in [1.807, 2.05) is 90.4 Å². The van der Waals surface area contributed by atoms with Crippen LogP contribution in [0.4, 0.5) is 11.6 Å². The van der Waals surface area contributed by atoms with Gasteiger partial charge in [0.15, 0.2) is 22.7 Å². The van der Waals surface area contributed by atoms with Crippen LogP contribution in [0.25, 0.3) is 45.1 Å². The number of ketones is 1. The summed E-state index contributed by atoms with van der Waals surface area (Å²) in [5, 5.41) is 20.4. The molecule has 0 spiro atoms. The van der Waals surface area contributed by atoms with Crippen LogP contribution in [0.3, 0.4) is 0 Å². The fourth-order valence-electron chi connectivity index (χ4n) is 14.3. The van der Waals surface area contributed by atoms with Gasteiger partial charge in [-0.25, -0.2) is 14.8 Å². The standard InChI is InChI=1S/C44H68N6O8Si2.C41H62N6O7Si2.Li.H2O/c1-11-57-33(2)40-41(34-16-18-44(19-17-34,58-22-21-52-3)39(51)29-56-32-53-4)48-42-36(35-14-15-38(46-27-35)37-13-12-20-45-37)28-47-50(42)43(40)49(30-54-23-25-59(5,6)7)31-55-24-26-60(8,9)10;1-10-53-30(2)36-37(31-15-17-41(18-16-31,40(48)49)54-21-20-50-3)45-38-33(32-13-14-35(43-26-32)34-12-11-19-42-34)27-44-47(38)39(36)46(28-51-22-24-55(4,5)6)29-52-23-25-56(7,8)9;;/h12,14-15,20,27-28,34H,2,11,13,16-19,21-26,29-32H2,1,3-10H3;11,13-14,19,26-27,31H,2,10,12,15-18,20-25,28-29H2,1,3-9H3,(H,48,49);;1H2/q;;+1;/p-1. The average molecular weight is 1700 g/mol. The van der Waals surface area contributed by atoms with Crippen molar-refractivity contribution in [1.29, 1.82) is 0 Å². The Bertz CT molecular complexity index is 4300. The van der Waals surface area contributed by atoms with Crippen LogP contribution in [-0.4, -0.2) is 244 Å². The molecule has 0 bridgehead atoms. The molecule has 2 fully saturated rings. The van der Waals surface area contributed by atoms with Crippen LogP contribution in [0, 0.1) is 0 Å². The summed E-state index contributed by atoms with van der Waals surface area (Å²) < 4.78 is 75.5. The predicted octanol–water partition coefficient (Wildman–Crippen LogP) is 13.1. The maximum Gasteiger partial charge on any atom is 1.00 e. The number of Topliss-reactive ketones (excluding diaryl/α,β-unsaturated/α-hetero) is 1. The monoisotopic (exact) mass is 1690 g/mol. The Labute approximate surface area is 714 Å². The number of anilines is 2. The Kier molecular flexibility index (Phi) is 38.2. The number of hydrogen-bond donors (Lipinski definition) is 1. The third-order valence-electron chi connectivity index (χ3n) is 21.1. The van der Waals surface area contributed by atoms with E-state index in [2.05, 4.69) is 118 Å². The Morgan fingerprint density at radius 2 is 0.890 bits per heavy atom. The largest absolute Gasteiger partial charge is 1.00 e. The molecule has 118 heavy (non-hydrogen) atoms. The van der Waals surface area contributed by atoms with E-state index in [1.54, 1.807) is 14.2 Å². The maximum atomic E-state index is 13.8. The van der Waals surface area contributed by atoms with Crippen LogP contribution in [0.2, 0.25) is 103 Å². The molecule has 0 saturated heterocycles. The van der Waals surface area contributed by atoms with Gasteiger partial charge in [0, 0.05) is 152 Å². The van der Waals surface area contributed by atoms with Gasteiger partial charge in [-0.1, -0.05) is 116 Å². The van der Waals surface area contributed by atoms with Crippen LogP contribution >= 0.6 is 0 Å². The number of ether oxygens (including phenoxy) is 12. The second-order valence-electron chi connectivity index (χ2n) is 35.1. The Balaban J connectivity index is 0.000000321. The molecule has 28 nitrogen and oxygen atoms in total. The van der Waals surface area contributed by atoms with E-state index in [1.165, 1.54) is 7.11 Å². The molecule has 0 radical (unpaired) electrons. The van der Waals surface area contributed by atoms with Gasteiger partial charge in [0.05, 0.1) is 97.4 Å². The normalized spacial score (nSPS) is 18.2. The average Bonchev–Trinajstić information content (AvgIpc) is 1.50. The third-order valence-corrected chi connectivity index (χ3v) is 27.9. The van der Waals surface area contributed by atoms with Gasteiger partial charge >= 0.3 is 24.8 Å². The summed E-state index contributed by atoms with van der Waals surface area (Å²) in [7, 11) is -0.720. The number of carboxylic acid groups (broad SMARTS) is 1. The van der Waals surface area contributed by atoms with E-state index in [0.29, 0.717) is 138 Å². The van der Waals surface area contributed by atoms with E-state index >= 15 is 0 Å². The number of hydrogen-bond acceptors (Lipinski definition) is 25. The molecular weight excluding hydrogens is 1560 g/mol. The summed E-state index contributed by atoms with van der Waals surface area (Å²) in [6, 6.07) is 12.2. The number of rotatable bonds is 48. The molecule has 33 heteroatoms. The molecule has 6 aromatic rings. The van der Waals surface area contributed by atoms with Crippen molar-refractivity contribution >= 4 is 89.9 Å². The summed E-state index contributed by atoms with van der Waals surface area (Å²) in [6.45, 7) is 46.4. The number of carbonyl (C=O) groups is 2. The van der Waals surface area contributed by atoms with Crippen molar-refractivity contribution in [2.75, 3.05) is 138 Å². The molecule has 2 N–H and O–H groups in total. The molecule has 2 aliphatic heterocycles. The first kappa shape index (κ1) is 98.3. The minimum atomic E-state index is -1.37. The number of fused-ring (bicyclic) bond motifs is 2. The van der Waals surface area contributed by atoms with Crippen molar-refractivity contribution in [2.24, 2.45) is 9.98 Å². The first-order valence-corrected chi connectivity index (χ1v) is 55.9. The van der Waals surface area contributed by atoms with E-state index in [4.69, 9.17) is 87.0 Å². The fourth-order valence-corrected chi connectivity index (χ4v) is 17.3. The summed E-state index contributed by atoms with van der Waals surface area (Å²) in [5.41, 5.74) is 8.92. The Morgan fingerprint density at radius 3 is 1.20 bits per heavy atom. The molecule has 644 valence electrons. The van der Waals surface area contributed by atoms with Crippen molar-refractivity contribution in [1.82, 2.24) is 39.2 Å². The summed E-state index contributed by atoms with van der Waals surface area (Å²) in [6.07, 6.45) is 20.4. The minimum absolute atomic E-state index is 0. The van der Waals surface area contributed by atoms with Crippen LogP contribution in [-0.2, 0) is 66.4 Å². The van der Waals surface area contributed by atoms with Crippen LogP contribution < -0.4 is 28.7 Å². The number of nitrogens with zero attached hydrogens (tertiary/aromatic N) is 12. The van der Waals surface area contributed by atoms with Crippen molar-refractivity contribution in [3.05, 3.63) is 121 Å². The van der Waals surface area contributed by atoms with Gasteiger partial charge in [0.2, 0.25) is 0 Å². The summed E-state index contributed by atoms with van der Waals surface area (Å²) in [4.78, 5) is 60.1. The van der Waals surface area contributed by atoms with Gasteiger partial charge in [-0.2, -0.15) is 19.2 Å². The number of carboxylic acids is 1. The van der Waals surface area contributed by atoms with E-state index in [9.17, 15) is 14.7 Å². The smallest absolute Gasteiger partial charge is 0.870 e. The molecule has 10 rings (SSSR count). The second kappa shape index (κ2) is 45.9. The van der Waals surface area contributed by atoms with Crippen LogP contribution in [0.15, 0.2) is 96.7 Å². The zero-order valence-electron chi connectivity index (χ0n) is 73.7. The number of allylic oxidation sites excluding steroid dienone is 2. The molecule has 0 aromatic carbocycles.